The molecule has 0 spiro atoms. The highest BCUT2D eigenvalue weighted by Gasteiger charge is 2.43. The van der Waals surface area contributed by atoms with Crippen molar-refractivity contribution in [3.8, 4) is 6.07 Å². The molecule has 2 saturated heterocycles. The number of nitriles is 1. The number of hydrazine groups is 1. The van der Waals surface area contributed by atoms with Crippen LogP contribution in [0.25, 0.3) is 0 Å². The molecule has 0 radical (unpaired) electrons. The van der Waals surface area contributed by atoms with Crippen molar-refractivity contribution in [3.05, 3.63) is 35.3 Å². The molecule has 0 saturated carbocycles. The molecule has 3 N–H and O–H groups in total. The number of nitrogens with zero attached hydrogens (tertiary/aromatic N) is 3. The number of hydrogen-bond acceptors (Lipinski definition) is 8. The summed E-state index contributed by atoms with van der Waals surface area (Å²) in [6.45, 7) is 9.18. The Balaban J connectivity index is 1.49. The molecule has 0 amide bonds. The summed E-state index contributed by atoms with van der Waals surface area (Å²) in [6.07, 6.45) is 8.95. The second-order valence-electron chi connectivity index (χ2n) is 10.2. The van der Waals surface area contributed by atoms with E-state index in [0.29, 0.717) is 11.8 Å². The van der Waals surface area contributed by atoms with Crippen LogP contribution in [-0.2, 0) is 4.74 Å². The molecule has 0 aromatic carbocycles. The molecular formula is C23H34N6OS. The monoisotopic (exact) mass is 442 g/mol. The van der Waals surface area contributed by atoms with E-state index < -0.39 is 0 Å². The molecule has 0 aromatic heterocycles. The third-order valence-corrected chi connectivity index (χ3v) is 7.90. The van der Waals surface area contributed by atoms with E-state index in [-0.39, 0.29) is 27.9 Å². The number of nitrogens with one attached hydrogen (secondary N) is 3. The first-order valence-electron chi connectivity index (χ1n) is 10.9. The van der Waals surface area contributed by atoms with Crippen LogP contribution in [0.4, 0.5) is 0 Å². The normalized spacial score (nSPS) is 32.4. The first-order chi connectivity index (χ1) is 14.6. The van der Waals surface area contributed by atoms with Crippen LogP contribution < -0.4 is 16.2 Å². The number of allylic oxidation sites excluding steroid dienone is 3. The Labute approximate surface area is 190 Å². The minimum absolute atomic E-state index is 0.114. The van der Waals surface area contributed by atoms with Gasteiger partial charge in [0.2, 0.25) is 0 Å². The number of ether oxygens (including phenoxy) is 1. The fraction of sp³-hybridized carbons (Fsp3) is 0.652. The van der Waals surface area contributed by atoms with Gasteiger partial charge in [-0.15, -0.1) is 11.8 Å². The van der Waals surface area contributed by atoms with E-state index in [9.17, 15) is 0 Å². The smallest absolute Gasteiger partial charge is 0.140 e. The van der Waals surface area contributed by atoms with E-state index in [1.165, 1.54) is 5.57 Å². The molecule has 1 aliphatic carbocycles. The number of rotatable bonds is 4. The van der Waals surface area contributed by atoms with E-state index in [4.69, 9.17) is 10.00 Å². The summed E-state index contributed by atoms with van der Waals surface area (Å²) >= 11 is 1.89. The standard InChI is InChI=1S/C23H34N6OS/c1-22(2)11-16(12-23(3,4)28-22)29(5)21-27-26-20(31-21)17-9-14-7-8-15(13-24)25-18(14)10-19(17)30-6/h7-8,10,14,16,20-21,26-28H,9,11-12H2,1-6H3. The highest BCUT2D eigenvalue weighted by molar-refractivity contribution is 8.00. The van der Waals surface area contributed by atoms with Crippen molar-refractivity contribution in [1.29, 1.82) is 5.26 Å². The molecule has 3 heterocycles. The summed E-state index contributed by atoms with van der Waals surface area (Å²) in [4.78, 5) is 6.95. The maximum absolute atomic E-state index is 9.15. The maximum atomic E-state index is 9.15. The second kappa shape index (κ2) is 8.38. The molecule has 4 rings (SSSR count). The quantitative estimate of drug-likeness (QED) is 0.617. The number of hydrogen-bond donors (Lipinski definition) is 3. The zero-order valence-corrected chi connectivity index (χ0v) is 20.1. The topological polar surface area (TPSA) is 84.7 Å². The van der Waals surface area contributed by atoms with E-state index in [1.54, 1.807) is 7.11 Å². The lowest BCUT2D eigenvalue weighted by Crippen LogP contribution is -2.63. The fourth-order valence-corrected chi connectivity index (χ4v) is 6.66. The van der Waals surface area contributed by atoms with Crippen LogP contribution in [0, 0.1) is 17.2 Å². The number of thioether (sulfide) groups is 1. The Morgan fingerprint density at radius 3 is 2.58 bits per heavy atom. The minimum Gasteiger partial charge on any atom is -0.497 e. The summed E-state index contributed by atoms with van der Waals surface area (Å²) in [5.41, 5.74) is 10.0. The lowest BCUT2D eigenvalue weighted by atomic mass is 9.79. The molecule has 31 heavy (non-hydrogen) atoms. The van der Waals surface area contributed by atoms with Gasteiger partial charge in [-0.25, -0.2) is 15.8 Å². The van der Waals surface area contributed by atoms with Gasteiger partial charge in [0.25, 0.3) is 0 Å². The SMILES string of the molecule is COC1=C(C2NNC(N(C)C3CC(C)(C)NC(C)(C)C3)S2)CC2C=CC(C#N)=NC2=C1. The molecular weight excluding hydrogens is 408 g/mol. The van der Waals surface area contributed by atoms with Gasteiger partial charge in [-0.05, 0) is 60.1 Å². The van der Waals surface area contributed by atoms with Gasteiger partial charge < -0.3 is 10.1 Å². The Bertz CT molecular complexity index is 880. The highest BCUT2D eigenvalue weighted by atomic mass is 32.2. The van der Waals surface area contributed by atoms with E-state index >= 15 is 0 Å². The summed E-state index contributed by atoms with van der Waals surface area (Å²) in [7, 11) is 3.93. The number of aliphatic imine (C=N–C) groups is 1. The summed E-state index contributed by atoms with van der Waals surface area (Å²) in [5, 5.41) is 13.1. The lowest BCUT2D eigenvalue weighted by Gasteiger charge is -2.49. The zero-order valence-electron chi connectivity index (χ0n) is 19.3. The molecule has 4 aliphatic rings. The Morgan fingerprint density at radius 1 is 1.23 bits per heavy atom. The first-order valence-corrected chi connectivity index (χ1v) is 11.9. The van der Waals surface area contributed by atoms with Gasteiger partial charge in [0.15, 0.2) is 0 Å². The molecule has 3 unspecified atom stereocenters. The highest BCUT2D eigenvalue weighted by Crippen LogP contribution is 2.41. The average molecular weight is 443 g/mol. The van der Waals surface area contributed by atoms with Crippen LogP contribution in [0.3, 0.4) is 0 Å². The largest absolute Gasteiger partial charge is 0.497 e. The molecule has 0 aromatic rings. The van der Waals surface area contributed by atoms with E-state index in [0.717, 1.165) is 30.7 Å². The third-order valence-electron chi connectivity index (χ3n) is 6.52. The Morgan fingerprint density at radius 2 is 1.94 bits per heavy atom. The second-order valence-corrected chi connectivity index (χ2v) is 11.4. The van der Waals surface area contributed by atoms with E-state index in [1.807, 2.05) is 23.9 Å². The average Bonchev–Trinajstić information content (AvgIpc) is 3.19. The molecule has 3 aliphatic heterocycles. The minimum atomic E-state index is 0.114. The number of dihydropyridines is 1. The van der Waals surface area contributed by atoms with Crippen molar-refractivity contribution in [2.24, 2.45) is 10.9 Å². The summed E-state index contributed by atoms with van der Waals surface area (Å²) in [5.74, 6) is 1.04. The van der Waals surface area contributed by atoms with Gasteiger partial charge in [0.05, 0.1) is 18.2 Å². The predicted molar refractivity (Wildman–Crippen MR) is 126 cm³/mol. The van der Waals surface area contributed by atoms with Crippen molar-refractivity contribution < 1.29 is 4.74 Å². The zero-order chi connectivity index (χ0) is 22.4. The van der Waals surface area contributed by atoms with Crippen molar-refractivity contribution in [2.75, 3.05) is 14.2 Å². The van der Waals surface area contributed by atoms with Gasteiger partial charge >= 0.3 is 0 Å². The summed E-state index contributed by atoms with van der Waals surface area (Å²) in [6, 6.07) is 2.62. The van der Waals surface area contributed by atoms with Crippen LogP contribution in [0.1, 0.15) is 47.0 Å². The van der Waals surface area contributed by atoms with Gasteiger partial charge in [-0.1, -0.05) is 6.08 Å². The van der Waals surface area contributed by atoms with Crippen LogP contribution >= 0.6 is 11.8 Å². The van der Waals surface area contributed by atoms with Crippen LogP contribution in [0.5, 0.6) is 0 Å². The first kappa shape index (κ1) is 22.6. The van der Waals surface area contributed by atoms with Crippen LogP contribution in [0.15, 0.2) is 40.2 Å². The van der Waals surface area contributed by atoms with Crippen molar-refractivity contribution >= 4 is 17.5 Å². The third kappa shape index (κ3) is 4.76. The van der Waals surface area contributed by atoms with Crippen molar-refractivity contribution in [3.63, 3.8) is 0 Å². The Kier molecular flexibility index (Phi) is 6.10. The van der Waals surface area contributed by atoms with Crippen LogP contribution in [-0.4, -0.2) is 52.8 Å². The predicted octanol–water partition coefficient (Wildman–Crippen LogP) is 3.02. The molecule has 3 atom stereocenters. The van der Waals surface area contributed by atoms with Crippen molar-refractivity contribution in [2.45, 2.75) is 74.9 Å². The van der Waals surface area contributed by atoms with Gasteiger partial charge in [-0.3, -0.25) is 4.90 Å². The fourth-order valence-electron chi connectivity index (χ4n) is 5.39. The van der Waals surface area contributed by atoms with Gasteiger partial charge in [-0.2, -0.15) is 5.26 Å². The van der Waals surface area contributed by atoms with E-state index in [2.05, 4.69) is 72.9 Å². The molecule has 0 bridgehead atoms. The van der Waals surface area contributed by atoms with Gasteiger partial charge in [0.1, 0.15) is 23.0 Å². The molecule has 2 fully saturated rings. The maximum Gasteiger partial charge on any atom is 0.140 e. The summed E-state index contributed by atoms with van der Waals surface area (Å²) < 4.78 is 5.72. The number of piperidine rings is 1. The Hall–Kier alpha value is -1.63. The van der Waals surface area contributed by atoms with Crippen molar-refractivity contribution in [1.82, 2.24) is 21.1 Å². The molecule has 168 valence electrons. The molecule has 7 nitrogen and oxygen atoms in total. The van der Waals surface area contributed by atoms with Crippen LogP contribution in [0.2, 0.25) is 0 Å². The number of fused-ring (bicyclic) bond motifs is 1. The molecule has 8 heteroatoms. The number of methoxy groups -OCH3 is 1. The van der Waals surface area contributed by atoms with Gasteiger partial charge in [0, 0.05) is 34.7 Å². The lowest BCUT2D eigenvalue weighted by molar-refractivity contribution is 0.0687.